The quantitative estimate of drug-likeness (QED) is 0.663. The molecule has 0 spiro atoms. The average Bonchev–Trinajstić information content (AvgIpc) is 3.17. The van der Waals surface area contributed by atoms with Gasteiger partial charge in [0.05, 0.1) is 1.37 Å². The molecule has 32 heavy (non-hydrogen) atoms. The van der Waals surface area contributed by atoms with E-state index in [0.717, 1.165) is 17.0 Å². The second-order valence-corrected chi connectivity index (χ2v) is 7.56. The molecule has 2 N–H and O–H groups in total. The van der Waals surface area contributed by atoms with Gasteiger partial charge >= 0.3 is 5.92 Å². The van der Waals surface area contributed by atoms with Crippen molar-refractivity contribution in [1.29, 1.82) is 0 Å². The van der Waals surface area contributed by atoms with E-state index in [1.165, 1.54) is 30.3 Å². The zero-order valence-electron chi connectivity index (χ0n) is 20.3. The molecule has 10 heteroatoms. The number of benzene rings is 2. The van der Waals surface area contributed by atoms with E-state index in [-0.39, 0.29) is 33.6 Å². The topological polar surface area (TPSA) is 95.6 Å². The summed E-state index contributed by atoms with van der Waals surface area (Å²) in [6.45, 7) is -0.886. The van der Waals surface area contributed by atoms with Gasteiger partial charge in [-0.25, -0.2) is 0 Å². The summed E-state index contributed by atoms with van der Waals surface area (Å²) in [6, 6.07) is 5.82. The lowest BCUT2D eigenvalue weighted by Gasteiger charge is -2.29. The van der Waals surface area contributed by atoms with Crippen LogP contribution in [0, 0.1) is 0 Å². The summed E-state index contributed by atoms with van der Waals surface area (Å²) >= 11 is 5.69. The van der Waals surface area contributed by atoms with Crippen LogP contribution in [0.4, 0.5) is 8.78 Å². The molecule has 1 fully saturated rings. The van der Waals surface area contributed by atoms with Crippen molar-refractivity contribution in [3.05, 3.63) is 69.7 Å². The molecule has 2 aromatic rings. The third-order valence-electron chi connectivity index (χ3n) is 5.01. The van der Waals surface area contributed by atoms with Gasteiger partial charge in [0, 0.05) is 38.4 Å². The van der Waals surface area contributed by atoms with E-state index in [2.05, 4.69) is 0 Å². The molecule has 2 aliphatic heterocycles. The SMILES string of the molecule is [2H]C1C(=O)NC(=O)[C@]([2H])(N2Cc3cc(CN([2H])C(=O)C(F)(F)c4ccc(Cl)cc4)ccc3C2=O)C1[2H]. The number of nitrogens with zero attached hydrogens (tertiary/aromatic N) is 1. The summed E-state index contributed by atoms with van der Waals surface area (Å²) in [5.74, 6) is -8.80. The smallest absolute Gasteiger partial charge is 0.346 e. The Morgan fingerprint density at radius 2 is 2.00 bits per heavy atom. The Balaban J connectivity index is 1.53. The highest BCUT2D eigenvalue weighted by Crippen LogP contribution is 2.30. The number of hydrogen-bond donors (Lipinski definition) is 2. The fourth-order valence-electron chi connectivity index (χ4n) is 3.37. The lowest BCUT2D eigenvalue weighted by atomic mass is 10.0. The Morgan fingerprint density at radius 1 is 1.28 bits per heavy atom. The molecule has 166 valence electrons. The molecule has 0 saturated carbocycles. The van der Waals surface area contributed by atoms with Crippen LogP contribution in [-0.4, -0.2) is 34.5 Å². The van der Waals surface area contributed by atoms with Crippen molar-refractivity contribution in [2.24, 2.45) is 0 Å². The first-order valence-corrected chi connectivity index (χ1v) is 9.74. The van der Waals surface area contributed by atoms with Gasteiger partial charge in [0.2, 0.25) is 11.8 Å². The lowest BCUT2D eigenvalue weighted by Crippen LogP contribution is -2.52. The maximum Gasteiger partial charge on any atom is 0.349 e. The molecular weight excluding hydrogens is 444 g/mol. The van der Waals surface area contributed by atoms with Crippen molar-refractivity contribution in [1.82, 2.24) is 15.5 Å². The van der Waals surface area contributed by atoms with E-state index < -0.39 is 60.5 Å². The third kappa shape index (κ3) is 4.08. The van der Waals surface area contributed by atoms with Crippen molar-refractivity contribution in [3.8, 4) is 0 Å². The number of amides is 4. The van der Waals surface area contributed by atoms with Crippen molar-refractivity contribution < 1.29 is 33.5 Å². The fourth-order valence-corrected chi connectivity index (χ4v) is 3.50. The summed E-state index contributed by atoms with van der Waals surface area (Å²) in [5, 5.41) is 2.13. The molecule has 1 saturated heterocycles. The molecule has 2 heterocycles. The Morgan fingerprint density at radius 3 is 2.72 bits per heavy atom. The number of imide groups is 1. The van der Waals surface area contributed by atoms with E-state index in [1.54, 1.807) is 0 Å². The summed E-state index contributed by atoms with van der Waals surface area (Å²) in [7, 11) is 0. The predicted octanol–water partition coefficient (Wildman–Crippen LogP) is 2.51. The van der Waals surface area contributed by atoms with Crippen molar-refractivity contribution in [3.63, 3.8) is 0 Å². The van der Waals surface area contributed by atoms with Crippen LogP contribution in [0.5, 0.6) is 0 Å². The van der Waals surface area contributed by atoms with Gasteiger partial charge in [0.15, 0.2) is 1.41 Å². The van der Waals surface area contributed by atoms with Crippen molar-refractivity contribution in [2.75, 3.05) is 0 Å². The fraction of sp³-hybridized carbons (Fsp3) is 0.273. The number of carbonyl (C=O) groups is 4. The van der Waals surface area contributed by atoms with E-state index in [0.29, 0.717) is 0 Å². The average molecular weight is 466 g/mol. The van der Waals surface area contributed by atoms with Gasteiger partial charge in [-0.05, 0) is 35.7 Å². The molecule has 7 nitrogen and oxygen atoms in total. The first kappa shape index (κ1) is 17.3. The van der Waals surface area contributed by atoms with Gasteiger partial charge in [-0.1, -0.05) is 35.9 Å². The Bertz CT molecular complexity index is 1280. The van der Waals surface area contributed by atoms with Crippen molar-refractivity contribution in [2.45, 2.75) is 37.8 Å². The summed E-state index contributed by atoms with van der Waals surface area (Å²) in [5.41, 5.74) is -0.0697. The largest absolute Gasteiger partial charge is 0.349 e. The normalized spacial score (nSPS) is 27.1. The van der Waals surface area contributed by atoms with E-state index in [9.17, 15) is 28.0 Å². The number of nitrogens with one attached hydrogen (secondary N) is 2. The molecule has 0 aromatic heterocycles. The molecule has 2 aromatic carbocycles. The van der Waals surface area contributed by atoms with Crippen LogP contribution in [0.3, 0.4) is 0 Å². The maximum atomic E-state index is 14.6. The van der Waals surface area contributed by atoms with Crippen LogP contribution in [0.15, 0.2) is 42.5 Å². The van der Waals surface area contributed by atoms with E-state index >= 15 is 0 Å². The predicted molar refractivity (Wildman–Crippen MR) is 110 cm³/mol. The standard InChI is InChI=1S/C22H18ClF2N3O4/c23-15-4-2-14(3-5-15)22(24,25)21(32)26-10-12-1-6-16-13(9-12)11-28(20(16)31)17-7-8-18(29)27-19(17)30/h1-6,9,17H,7-8,10-11H2,(H,26,32)(H,27,29,30)/t17-/m1/s1/i7D,8D,17D/hD/t7?,8?,17-. The molecule has 4 rings (SSSR count). The van der Waals surface area contributed by atoms with Gasteiger partial charge in [-0.15, -0.1) is 0 Å². The van der Waals surface area contributed by atoms with Crippen LogP contribution in [-0.2, 0) is 33.4 Å². The van der Waals surface area contributed by atoms with Crippen LogP contribution in [0.25, 0.3) is 0 Å². The molecule has 3 atom stereocenters. The van der Waals surface area contributed by atoms with E-state index in [4.69, 9.17) is 17.1 Å². The van der Waals surface area contributed by atoms with Crippen LogP contribution < -0.4 is 10.6 Å². The molecule has 2 aliphatic rings. The minimum atomic E-state index is -3.99. The first-order chi connectivity index (χ1) is 16.8. The van der Waals surface area contributed by atoms with Gasteiger partial charge < -0.3 is 10.2 Å². The summed E-state index contributed by atoms with van der Waals surface area (Å²) in [4.78, 5) is 50.1. The number of piperidine rings is 1. The number of hydrogen-bond acceptors (Lipinski definition) is 4. The Hall–Kier alpha value is -3.33. The zero-order valence-corrected chi connectivity index (χ0v) is 17.0. The second kappa shape index (κ2) is 8.31. The third-order valence-corrected chi connectivity index (χ3v) is 5.26. The monoisotopic (exact) mass is 465 g/mol. The lowest BCUT2D eigenvalue weighted by molar-refractivity contribution is -0.147. The van der Waals surface area contributed by atoms with Gasteiger partial charge in [-0.2, -0.15) is 8.78 Å². The van der Waals surface area contributed by atoms with E-state index in [1.807, 2.05) is 5.32 Å². The second-order valence-electron chi connectivity index (χ2n) is 7.12. The van der Waals surface area contributed by atoms with Gasteiger partial charge in [0.25, 0.3) is 11.8 Å². The maximum absolute atomic E-state index is 14.6. The number of fused-ring (bicyclic) bond motifs is 1. The number of rotatable bonds is 5. The Labute approximate surface area is 192 Å². The molecule has 0 bridgehead atoms. The minimum Gasteiger partial charge on any atom is -0.346 e. The number of carbonyl (C=O) groups excluding carboxylic acids is 4. The van der Waals surface area contributed by atoms with Crippen LogP contribution >= 0.6 is 11.6 Å². The zero-order chi connectivity index (χ0) is 26.6. The summed E-state index contributed by atoms with van der Waals surface area (Å²) in [6.07, 6.45) is -3.63. The Kier molecular flexibility index (Phi) is 4.48. The van der Waals surface area contributed by atoms with Gasteiger partial charge in [0.1, 0.15) is 6.02 Å². The molecular formula is C22H18ClF2N3O4. The first-order valence-electron chi connectivity index (χ1n) is 11.5. The van der Waals surface area contributed by atoms with Crippen LogP contribution in [0.2, 0.25) is 6.43 Å². The number of halogens is 3. The highest BCUT2D eigenvalue weighted by Gasteiger charge is 2.41. The molecule has 0 aliphatic carbocycles. The molecule has 0 radical (unpaired) electrons. The minimum absolute atomic E-state index is 0.0677. The van der Waals surface area contributed by atoms with Gasteiger partial charge in [-0.3, -0.25) is 24.5 Å². The highest BCUT2D eigenvalue weighted by molar-refractivity contribution is 6.30. The van der Waals surface area contributed by atoms with Crippen LogP contribution in [0.1, 0.15) is 44.0 Å². The molecule has 4 amide bonds. The number of alkyl halides is 2. The summed E-state index contributed by atoms with van der Waals surface area (Å²) < 4.78 is 61.4. The molecule has 2 unspecified atom stereocenters. The van der Waals surface area contributed by atoms with Crippen molar-refractivity contribution >= 4 is 35.2 Å². The highest BCUT2D eigenvalue weighted by atomic mass is 35.5.